The lowest BCUT2D eigenvalue weighted by atomic mass is 9.77. The zero-order valence-electron chi connectivity index (χ0n) is 29.2. The van der Waals surface area contributed by atoms with Crippen LogP contribution in [0.1, 0.15) is 62.0 Å². The summed E-state index contributed by atoms with van der Waals surface area (Å²) >= 11 is 0. The van der Waals surface area contributed by atoms with Gasteiger partial charge in [-0.2, -0.15) is 8.62 Å². The molecule has 22 nitrogen and oxygen atoms in total. The number of esters is 1. The van der Waals surface area contributed by atoms with Gasteiger partial charge in [0.2, 0.25) is 0 Å². The maximum atomic E-state index is 13.4. The lowest BCUT2D eigenvalue weighted by molar-refractivity contribution is -0.0243. The zero-order chi connectivity index (χ0) is 41.8. The van der Waals surface area contributed by atoms with Gasteiger partial charge in [-0.1, -0.05) is 18.2 Å². The van der Waals surface area contributed by atoms with Crippen LogP contribution in [0.15, 0.2) is 76.5 Å². The topological polar surface area (TPSA) is 329 Å². The minimum atomic E-state index is -5.72. The molecule has 7 rings (SSSR count). The van der Waals surface area contributed by atoms with Crippen LogP contribution in [0.25, 0.3) is 6.08 Å². The first-order valence-electron chi connectivity index (χ1n) is 16.7. The van der Waals surface area contributed by atoms with Crippen LogP contribution in [0.2, 0.25) is 0 Å². The molecule has 1 saturated heterocycles. The Morgan fingerprint density at radius 3 is 2.21 bits per heavy atom. The molecule has 4 atom stereocenters. The van der Waals surface area contributed by atoms with Crippen LogP contribution in [0.5, 0.6) is 23.0 Å². The third-order valence-electron chi connectivity index (χ3n) is 8.94. The Morgan fingerprint density at radius 2 is 1.55 bits per heavy atom. The first kappa shape index (κ1) is 41.0. The summed E-state index contributed by atoms with van der Waals surface area (Å²) in [5, 5.41) is 22.9. The van der Waals surface area contributed by atoms with E-state index >= 15 is 0 Å². The van der Waals surface area contributed by atoms with Crippen molar-refractivity contribution < 1.29 is 80.4 Å². The molecule has 3 aliphatic rings. The van der Waals surface area contributed by atoms with Gasteiger partial charge in [-0.15, -0.1) is 0 Å². The normalized spacial score (nSPS) is 20.0. The van der Waals surface area contributed by atoms with E-state index in [1.54, 1.807) is 18.2 Å². The SMILES string of the molecule is O=C(NC/C=C/c1cn([C@H]2CC[C@@H](COP(=O)(O)OP(=O)(O)OP(=O)(O)O)O2)c(=O)[nH]c1=O)c1ccc2c(c1)C(=O)OC21c2ccc(O)cc2Oc2cc(O)ccc21. The van der Waals surface area contributed by atoms with Gasteiger partial charge in [-0.05, 0) is 49.2 Å². The molecule has 1 fully saturated rings. The molecule has 4 heterocycles. The lowest BCUT2D eigenvalue weighted by Gasteiger charge is -2.36. The van der Waals surface area contributed by atoms with Gasteiger partial charge in [0, 0.05) is 47.1 Å². The summed E-state index contributed by atoms with van der Waals surface area (Å²) in [5.41, 5.74) is -1.81. The van der Waals surface area contributed by atoms with Gasteiger partial charge in [0.1, 0.15) is 29.2 Å². The zero-order valence-corrected chi connectivity index (χ0v) is 31.9. The summed E-state index contributed by atoms with van der Waals surface area (Å²) in [7, 11) is -16.7. The van der Waals surface area contributed by atoms with Gasteiger partial charge in [-0.3, -0.25) is 23.7 Å². The van der Waals surface area contributed by atoms with E-state index in [1.807, 2.05) is 0 Å². The molecule has 8 N–H and O–H groups in total. The number of aromatic hydroxyl groups is 2. The van der Waals surface area contributed by atoms with Crippen molar-refractivity contribution in [2.45, 2.75) is 30.8 Å². The minimum absolute atomic E-state index is 0.0293. The second-order valence-electron chi connectivity index (χ2n) is 12.8. The van der Waals surface area contributed by atoms with Crippen LogP contribution >= 0.6 is 23.5 Å². The fraction of sp³-hybridized carbons (Fsp3) is 0.212. The summed E-state index contributed by atoms with van der Waals surface area (Å²) in [4.78, 5) is 90.2. The Balaban J connectivity index is 1.00. The Labute approximate surface area is 324 Å². The Kier molecular flexibility index (Phi) is 10.7. The third-order valence-corrected chi connectivity index (χ3v) is 12.7. The number of rotatable bonds is 12. The fourth-order valence-electron chi connectivity index (χ4n) is 6.61. The minimum Gasteiger partial charge on any atom is -0.508 e. The van der Waals surface area contributed by atoms with E-state index in [0.29, 0.717) is 16.7 Å². The number of carbonyl (C=O) groups excluding carboxylic acids is 2. The van der Waals surface area contributed by atoms with Crippen LogP contribution < -0.4 is 21.3 Å². The Hall–Kier alpha value is -5.21. The molecule has 306 valence electrons. The lowest BCUT2D eigenvalue weighted by Crippen LogP contribution is -2.33. The van der Waals surface area contributed by atoms with Crippen molar-refractivity contribution in [2.24, 2.45) is 0 Å². The molecule has 3 aliphatic heterocycles. The summed E-state index contributed by atoms with van der Waals surface area (Å²) in [5.74, 6) is -1.17. The van der Waals surface area contributed by atoms with Gasteiger partial charge in [-0.25, -0.2) is 23.3 Å². The van der Waals surface area contributed by atoms with Crippen molar-refractivity contribution in [1.82, 2.24) is 14.9 Å². The number of aromatic amines is 1. The molecular weight excluding hydrogens is 835 g/mol. The number of ether oxygens (including phenoxy) is 3. The standard InChI is InChI=1S/C33H30N3O19P3/c37-19-4-8-24-26(13-19)52-27-14-20(38)5-9-25(27)33(24)23-7-3-17(12-22(23)31(41)53-33)29(39)34-11-1-2-18-15-36(32(42)35-30(18)40)28-10-6-21(51-28)16-50-57(46,47)55-58(48,49)54-56(43,44)45/h1-5,7-9,12-15,21,28,37-38H,6,10-11,16H2,(H,34,39)(H,46,47)(H,48,49)(H,35,40,42)(H2,43,44,45)/b2-1+/t21-,28+/m0/s1. The fourth-order valence-corrected chi connectivity index (χ4v) is 9.66. The molecule has 0 bridgehead atoms. The van der Waals surface area contributed by atoms with Crippen molar-refractivity contribution in [3.63, 3.8) is 0 Å². The largest absolute Gasteiger partial charge is 0.508 e. The maximum Gasteiger partial charge on any atom is 0.490 e. The van der Waals surface area contributed by atoms with E-state index in [0.717, 1.165) is 4.57 Å². The Morgan fingerprint density at radius 1 is 0.897 bits per heavy atom. The predicted octanol–water partition coefficient (Wildman–Crippen LogP) is 2.98. The van der Waals surface area contributed by atoms with Crippen molar-refractivity contribution in [1.29, 1.82) is 0 Å². The smallest absolute Gasteiger partial charge is 0.490 e. The number of phosphoric ester groups is 1. The number of nitrogens with zero attached hydrogens (tertiary/aromatic N) is 1. The van der Waals surface area contributed by atoms with Gasteiger partial charge in [0.25, 0.3) is 11.5 Å². The number of benzene rings is 3. The predicted molar refractivity (Wildman–Crippen MR) is 194 cm³/mol. The number of hydrogen-bond donors (Lipinski definition) is 8. The molecule has 1 amide bonds. The van der Waals surface area contributed by atoms with Crippen molar-refractivity contribution in [3.05, 3.63) is 121 Å². The van der Waals surface area contributed by atoms with E-state index in [4.69, 9.17) is 24.0 Å². The van der Waals surface area contributed by atoms with Crippen molar-refractivity contribution in [2.75, 3.05) is 13.2 Å². The Bertz CT molecular complexity index is 2600. The number of phosphoric acid groups is 3. The second-order valence-corrected chi connectivity index (χ2v) is 17.3. The molecule has 1 aromatic heterocycles. The van der Waals surface area contributed by atoms with E-state index < -0.39 is 71.1 Å². The molecular formula is C33H30N3O19P3. The summed E-state index contributed by atoms with van der Waals surface area (Å²) in [6.07, 6.45) is 2.15. The highest BCUT2D eigenvalue weighted by atomic mass is 31.3. The first-order valence-corrected chi connectivity index (χ1v) is 21.2. The van der Waals surface area contributed by atoms with Gasteiger partial charge < -0.3 is 49.3 Å². The highest BCUT2D eigenvalue weighted by Gasteiger charge is 2.54. The molecule has 25 heteroatoms. The number of hydrogen-bond acceptors (Lipinski definition) is 15. The summed E-state index contributed by atoms with van der Waals surface area (Å²) in [6, 6.07) is 13.0. The van der Waals surface area contributed by atoms with E-state index in [2.05, 4.69) is 23.4 Å². The molecule has 4 aromatic rings. The number of H-pyrrole nitrogens is 1. The van der Waals surface area contributed by atoms with Crippen molar-refractivity contribution >= 4 is 41.4 Å². The molecule has 0 aliphatic carbocycles. The quantitative estimate of drug-likeness (QED) is 0.0749. The van der Waals surface area contributed by atoms with Crippen LogP contribution in [0.4, 0.5) is 0 Å². The van der Waals surface area contributed by atoms with E-state index in [9.17, 15) is 52.9 Å². The molecule has 0 saturated carbocycles. The maximum absolute atomic E-state index is 13.4. The number of carbonyl (C=O) groups is 2. The van der Waals surface area contributed by atoms with Gasteiger partial charge >= 0.3 is 35.1 Å². The molecule has 2 unspecified atom stereocenters. The van der Waals surface area contributed by atoms with Crippen molar-refractivity contribution in [3.8, 4) is 23.0 Å². The summed E-state index contributed by atoms with van der Waals surface area (Å²) < 4.78 is 65.0. The molecule has 3 aromatic carbocycles. The highest BCUT2D eigenvalue weighted by molar-refractivity contribution is 7.66. The third kappa shape index (κ3) is 8.35. The first-order chi connectivity index (χ1) is 27.2. The second kappa shape index (κ2) is 15.2. The van der Waals surface area contributed by atoms with E-state index in [-0.39, 0.29) is 59.1 Å². The molecule has 1 spiro atoms. The number of nitrogens with one attached hydrogen (secondary N) is 2. The number of fused-ring (bicyclic) bond motifs is 6. The van der Waals surface area contributed by atoms with E-state index in [1.165, 1.54) is 54.7 Å². The van der Waals surface area contributed by atoms with Crippen LogP contribution in [0.3, 0.4) is 0 Å². The number of phenolic OH excluding ortho intramolecular Hbond substituents is 2. The van der Waals surface area contributed by atoms with Crippen LogP contribution in [-0.4, -0.2) is 70.5 Å². The number of aromatic nitrogens is 2. The monoisotopic (exact) mass is 865 g/mol. The van der Waals surface area contributed by atoms with Gasteiger partial charge in [0.05, 0.1) is 23.8 Å². The highest BCUT2D eigenvalue weighted by Crippen LogP contribution is 2.66. The average molecular weight is 866 g/mol. The average Bonchev–Trinajstić information content (AvgIpc) is 3.70. The molecule has 0 radical (unpaired) electrons. The number of phenols is 2. The van der Waals surface area contributed by atoms with Crippen LogP contribution in [0, 0.1) is 0 Å². The van der Waals surface area contributed by atoms with Crippen LogP contribution in [-0.2, 0) is 41.9 Å². The number of amides is 1. The summed E-state index contributed by atoms with van der Waals surface area (Å²) in [6.45, 7) is -0.846. The molecule has 58 heavy (non-hydrogen) atoms. The van der Waals surface area contributed by atoms with Gasteiger partial charge in [0.15, 0.2) is 5.60 Å².